The molecule has 1 heterocycles. The number of benzene rings is 1. The summed E-state index contributed by atoms with van der Waals surface area (Å²) in [6.07, 6.45) is 1.70. The van der Waals surface area contributed by atoms with Crippen LogP contribution in [0.25, 0.3) is 0 Å². The van der Waals surface area contributed by atoms with Crippen LogP contribution in [0.4, 0.5) is 4.39 Å². The van der Waals surface area contributed by atoms with Crippen LogP contribution in [0.2, 0.25) is 0 Å². The maximum Gasteiger partial charge on any atom is 0.130 e. The molecule has 2 aromatic rings. The minimum atomic E-state index is -0.313. The number of nitrogens with two attached hydrogens (primary N) is 1. The third-order valence-corrected chi connectivity index (χ3v) is 2.56. The van der Waals surface area contributed by atoms with Gasteiger partial charge in [0.1, 0.15) is 18.2 Å². The van der Waals surface area contributed by atoms with Gasteiger partial charge in [0.2, 0.25) is 0 Å². The van der Waals surface area contributed by atoms with E-state index in [-0.39, 0.29) is 11.9 Å². The zero-order valence-corrected chi connectivity index (χ0v) is 10.1. The van der Waals surface area contributed by atoms with E-state index < -0.39 is 0 Å². The molecule has 0 aliphatic rings. The van der Waals surface area contributed by atoms with Gasteiger partial charge in [-0.3, -0.25) is 4.98 Å². The zero-order chi connectivity index (χ0) is 13.0. The average molecular weight is 246 g/mol. The number of nitrogens with zero attached hydrogens (tertiary/aromatic N) is 1. The smallest absolute Gasteiger partial charge is 0.130 e. The number of hydrogen-bond donors (Lipinski definition) is 1. The van der Waals surface area contributed by atoms with Gasteiger partial charge in [0.05, 0.1) is 5.69 Å². The van der Waals surface area contributed by atoms with Gasteiger partial charge in [0, 0.05) is 17.8 Å². The Labute approximate surface area is 105 Å². The molecule has 0 aliphatic carbocycles. The summed E-state index contributed by atoms with van der Waals surface area (Å²) in [5.41, 5.74) is 7.27. The molecule has 0 unspecified atom stereocenters. The number of hydrogen-bond acceptors (Lipinski definition) is 3. The number of aromatic nitrogens is 1. The van der Waals surface area contributed by atoms with Gasteiger partial charge in [-0.25, -0.2) is 4.39 Å². The molecule has 0 bridgehead atoms. The zero-order valence-electron chi connectivity index (χ0n) is 10.1. The molecule has 2 rings (SSSR count). The van der Waals surface area contributed by atoms with Crippen molar-refractivity contribution in [1.29, 1.82) is 0 Å². The molecule has 1 atom stereocenters. The Morgan fingerprint density at radius 2 is 2.17 bits per heavy atom. The van der Waals surface area contributed by atoms with Crippen LogP contribution < -0.4 is 10.5 Å². The van der Waals surface area contributed by atoms with Crippen LogP contribution in [0.3, 0.4) is 0 Å². The third-order valence-electron chi connectivity index (χ3n) is 2.56. The molecule has 0 saturated heterocycles. The van der Waals surface area contributed by atoms with Gasteiger partial charge in [-0.05, 0) is 37.3 Å². The first-order valence-corrected chi connectivity index (χ1v) is 5.74. The van der Waals surface area contributed by atoms with E-state index >= 15 is 0 Å². The number of halogens is 1. The van der Waals surface area contributed by atoms with E-state index in [9.17, 15) is 4.39 Å². The quantitative estimate of drug-likeness (QED) is 0.902. The molecule has 1 aromatic carbocycles. The van der Waals surface area contributed by atoms with Crippen molar-refractivity contribution in [3.8, 4) is 5.75 Å². The highest BCUT2D eigenvalue weighted by Gasteiger charge is 2.09. The van der Waals surface area contributed by atoms with Gasteiger partial charge in [-0.1, -0.05) is 6.07 Å². The molecule has 2 N–H and O–H groups in total. The molecule has 1 aromatic heterocycles. The van der Waals surface area contributed by atoms with Gasteiger partial charge in [0.15, 0.2) is 0 Å². The minimum absolute atomic E-state index is 0.278. The lowest BCUT2D eigenvalue weighted by atomic mass is 10.1. The fraction of sp³-hybridized carbons (Fsp3) is 0.214. The molecule has 3 nitrogen and oxygen atoms in total. The van der Waals surface area contributed by atoms with E-state index in [0.29, 0.717) is 17.9 Å². The molecule has 0 radical (unpaired) electrons. The first-order valence-electron chi connectivity index (χ1n) is 5.74. The second-order valence-electron chi connectivity index (χ2n) is 4.08. The van der Waals surface area contributed by atoms with Crippen molar-refractivity contribution < 1.29 is 9.13 Å². The van der Waals surface area contributed by atoms with E-state index in [4.69, 9.17) is 10.5 Å². The molecule has 4 heteroatoms. The lowest BCUT2D eigenvalue weighted by Gasteiger charge is -2.13. The lowest BCUT2D eigenvalue weighted by molar-refractivity contribution is 0.296. The van der Waals surface area contributed by atoms with Gasteiger partial charge in [-0.15, -0.1) is 0 Å². The number of rotatable bonds is 4. The summed E-state index contributed by atoms with van der Waals surface area (Å²) in [6, 6.07) is 9.68. The van der Waals surface area contributed by atoms with Gasteiger partial charge >= 0.3 is 0 Å². The van der Waals surface area contributed by atoms with Crippen molar-refractivity contribution in [2.24, 2.45) is 5.73 Å². The van der Waals surface area contributed by atoms with E-state index in [2.05, 4.69) is 4.98 Å². The summed E-state index contributed by atoms with van der Waals surface area (Å²) >= 11 is 0. The second kappa shape index (κ2) is 5.60. The Morgan fingerprint density at radius 3 is 2.83 bits per heavy atom. The monoisotopic (exact) mass is 246 g/mol. The fourth-order valence-corrected chi connectivity index (χ4v) is 1.64. The van der Waals surface area contributed by atoms with Crippen LogP contribution in [0.1, 0.15) is 24.2 Å². The summed E-state index contributed by atoms with van der Waals surface area (Å²) in [5.74, 6) is 0.282. The molecular weight excluding hydrogens is 231 g/mol. The summed E-state index contributed by atoms with van der Waals surface area (Å²) in [6.45, 7) is 2.13. The van der Waals surface area contributed by atoms with Crippen molar-refractivity contribution in [3.63, 3.8) is 0 Å². The molecule has 94 valence electrons. The molecule has 18 heavy (non-hydrogen) atoms. The Kier molecular flexibility index (Phi) is 3.89. The van der Waals surface area contributed by atoms with Crippen molar-refractivity contribution in [3.05, 3.63) is 59.7 Å². The summed E-state index contributed by atoms with van der Waals surface area (Å²) in [4.78, 5) is 4.16. The van der Waals surface area contributed by atoms with E-state index in [0.717, 1.165) is 5.69 Å². The van der Waals surface area contributed by atoms with E-state index in [1.165, 1.54) is 12.1 Å². The summed E-state index contributed by atoms with van der Waals surface area (Å²) in [7, 11) is 0. The van der Waals surface area contributed by atoms with Gasteiger partial charge in [-0.2, -0.15) is 0 Å². The molecule has 0 fully saturated rings. The van der Waals surface area contributed by atoms with Crippen molar-refractivity contribution in [1.82, 2.24) is 4.98 Å². The third kappa shape index (κ3) is 3.05. The van der Waals surface area contributed by atoms with Crippen LogP contribution in [0, 0.1) is 5.82 Å². The highest BCUT2D eigenvalue weighted by atomic mass is 19.1. The van der Waals surface area contributed by atoms with Crippen LogP contribution in [0.15, 0.2) is 42.6 Å². The molecule has 0 spiro atoms. The molecular formula is C14H15FN2O. The van der Waals surface area contributed by atoms with Crippen LogP contribution in [0.5, 0.6) is 5.75 Å². The maximum absolute atomic E-state index is 13.1. The Morgan fingerprint density at radius 1 is 1.33 bits per heavy atom. The van der Waals surface area contributed by atoms with Crippen molar-refractivity contribution in [2.75, 3.05) is 0 Å². The first-order chi connectivity index (χ1) is 8.66. The standard InChI is InChI=1S/C14H15FN2O/c1-10(16)13-8-11(15)5-6-14(13)18-9-12-4-2-3-7-17-12/h2-8,10H,9,16H2,1H3/t10-/m0/s1. The predicted molar refractivity (Wildman–Crippen MR) is 67.6 cm³/mol. The Hall–Kier alpha value is -1.94. The SMILES string of the molecule is C[C@H](N)c1cc(F)ccc1OCc1ccccn1. The normalized spacial score (nSPS) is 12.2. The average Bonchev–Trinajstić information content (AvgIpc) is 2.38. The van der Waals surface area contributed by atoms with Crippen molar-refractivity contribution in [2.45, 2.75) is 19.6 Å². The topological polar surface area (TPSA) is 48.1 Å². The van der Waals surface area contributed by atoms with Crippen LogP contribution in [-0.4, -0.2) is 4.98 Å². The summed E-state index contributed by atoms with van der Waals surface area (Å²) in [5, 5.41) is 0. The predicted octanol–water partition coefficient (Wildman–Crippen LogP) is 2.82. The fourth-order valence-electron chi connectivity index (χ4n) is 1.64. The van der Waals surface area contributed by atoms with Gasteiger partial charge < -0.3 is 10.5 Å². The first kappa shape index (κ1) is 12.5. The minimum Gasteiger partial charge on any atom is -0.487 e. The summed E-state index contributed by atoms with van der Waals surface area (Å²) < 4.78 is 18.8. The number of pyridine rings is 1. The van der Waals surface area contributed by atoms with Gasteiger partial charge in [0.25, 0.3) is 0 Å². The Bertz CT molecular complexity index is 514. The van der Waals surface area contributed by atoms with Crippen molar-refractivity contribution >= 4 is 0 Å². The highest BCUT2D eigenvalue weighted by Crippen LogP contribution is 2.25. The van der Waals surface area contributed by atoms with Crippen LogP contribution in [-0.2, 0) is 6.61 Å². The maximum atomic E-state index is 13.1. The largest absolute Gasteiger partial charge is 0.487 e. The molecule has 0 saturated carbocycles. The Balaban J connectivity index is 2.14. The lowest BCUT2D eigenvalue weighted by Crippen LogP contribution is -2.09. The molecule has 0 amide bonds. The van der Waals surface area contributed by atoms with E-state index in [1.807, 2.05) is 18.2 Å². The highest BCUT2D eigenvalue weighted by molar-refractivity contribution is 5.36. The number of ether oxygens (including phenoxy) is 1. The molecule has 0 aliphatic heterocycles. The van der Waals surface area contributed by atoms with Crippen LogP contribution >= 0.6 is 0 Å². The van der Waals surface area contributed by atoms with E-state index in [1.54, 1.807) is 19.2 Å². The second-order valence-corrected chi connectivity index (χ2v) is 4.08.